The van der Waals surface area contributed by atoms with Crippen molar-refractivity contribution in [1.29, 1.82) is 5.26 Å². The SMILES string of the molecule is N#Cc1ccc(N2C(=O)C(O)=C(C(=O)c3cc4cc(Br)ccc4o3)C2c2ccc(O)c([N+](=O)[O-])c2)cc1. The number of phenols is 1. The average molecular weight is 560 g/mol. The molecule has 2 N–H and O–H groups in total. The van der Waals surface area contributed by atoms with Crippen molar-refractivity contribution < 1.29 is 29.1 Å². The Bertz CT molecular complexity index is 1700. The van der Waals surface area contributed by atoms with Crippen molar-refractivity contribution in [2.75, 3.05) is 4.90 Å². The molecule has 2 heterocycles. The molecule has 1 aromatic heterocycles. The molecule has 0 saturated carbocycles. The quantitative estimate of drug-likeness (QED) is 0.185. The molecule has 1 unspecified atom stereocenters. The Hall–Kier alpha value is -4.95. The molecular weight excluding hydrogens is 546 g/mol. The maximum Gasteiger partial charge on any atom is 0.311 e. The molecule has 5 rings (SSSR count). The highest BCUT2D eigenvalue weighted by atomic mass is 79.9. The van der Waals surface area contributed by atoms with Crippen molar-refractivity contribution in [1.82, 2.24) is 0 Å². The molecule has 0 bridgehead atoms. The summed E-state index contributed by atoms with van der Waals surface area (Å²) in [5.41, 5.74) is 0.0379. The van der Waals surface area contributed by atoms with Crippen LogP contribution in [0.2, 0.25) is 0 Å². The van der Waals surface area contributed by atoms with E-state index in [2.05, 4.69) is 15.9 Å². The second-order valence-electron chi connectivity index (χ2n) is 8.13. The molecule has 0 saturated heterocycles. The van der Waals surface area contributed by atoms with Gasteiger partial charge in [-0.3, -0.25) is 24.6 Å². The van der Waals surface area contributed by atoms with E-state index in [4.69, 9.17) is 9.68 Å². The molecule has 11 heteroatoms. The monoisotopic (exact) mass is 559 g/mol. The van der Waals surface area contributed by atoms with E-state index in [1.807, 2.05) is 6.07 Å². The van der Waals surface area contributed by atoms with Gasteiger partial charge >= 0.3 is 5.69 Å². The fourth-order valence-electron chi connectivity index (χ4n) is 4.23. The molecule has 1 amide bonds. The first-order valence-electron chi connectivity index (χ1n) is 10.7. The van der Waals surface area contributed by atoms with Crippen LogP contribution in [0.25, 0.3) is 11.0 Å². The van der Waals surface area contributed by atoms with Crippen LogP contribution in [0.3, 0.4) is 0 Å². The molecule has 0 aliphatic carbocycles. The normalized spacial score (nSPS) is 15.3. The minimum Gasteiger partial charge on any atom is -0.503 e. The first-order chi connectivity index (χ1) is 17.7. The van der Waals surface area contributed by atoms with Crippen LogP contribution >= 0.6 is 15.9 Å². The van der Waals surface area contributed by atoms with Crippen LogP contribution in [-0.2, 0) is 4.79 Å². The number of furan rings is 1. The number of benzene rings is 3. The summed E-state index contributed by atoms with van der Waals surface area (Å²) in [5, 5.41) is 42.0. The number of carbonyl (C=O) groups is 2. The molecule has 10 nitrogen and oxygen atoms in total. The molecule has 37 heavy (non-hydrogen) atoms. The van der Waals surface area contributed by atoms with Crippen molar-refractivity contribution in [3.63, 3.8) is 0 Å². The number of aliphatic hydroxyl groups is 1. The van der Waals surface area contributed by atoms with E-state index < -0.39 is 39.9 Å². The van der Waals surface area contributed by atoms with Crippen LogP contribution in [0.1, 0.15) is 27.7 Å². The largest absolute Gasteiger partial charge is 0.503 e. The van der Waals surface area contributed by atoms with Gasteiger partial charge in [-0.25, -0.2) is 0 Å². The Labute approximate surface area is 216 Å². The number of nitrogens with zero attached hydrogens (tertiary/aromatic N) is 3. The third-order valence-electron chi connectivity index (χ3n) is 5.94. The summed E-state index contributed by atoms with van der Waals surface area (Å²) in [5.74, 6) is -3.33. The fraction of sp³-hybridized carbons (Fsp3) is 0.0385. The minimum atomic E-state index is -1.30. The van der Waals surface area contributed by atoms with Gasteiger partial charge in [-0.15, -0.1) is 0 Å². The number of aliphatic hydroxyl groups excluding tert-OH is 1. The van der Waals surface area contributed by atoms with Gasteiger partial charge < -0.3 is 14.6 Å². The summed E-state index contributed by atoms with van der Waals surface area (Å²) in [6.07, 6.45) is 0. The predicted molar refractivity (Wildman–Crippen MR) is 134 cm³/mol. The lowest BCUT2D eigenvalue weighted by molar-refractivity contribution is -0.385. The van der Waals surface area contributed by atoms with Crippen LogP contribution < -0.4 is 4.90 Å². The van der Waals surface area contributed by atoms with Gasteiger partial charge in [-0.05, 0) is 60.2 Å². The van der Waals surface area contributed by atoms with Crippen molar-refractivity contribution in [2.45, 2.75) is 6.04 Å². The molecule has 1 atom stereocenters. The number of nitro benzene ring substituents is 1. The van der Waals surface area contributed by atoms with Gasteiger partial charge in [-0.1, -0.05) is 22.0 Å². The van der Waals surface area contributed by atoms with E-state index in [1.54, 1.807) is 18.2 Å². The Kier molecular flexibility index (Phi) is 5.74. The molecule has 1 aliphatic rings. The lowest BCUT2D eigenvalue weighted by atomic mass is 9.94. The van der Waals surface area contributed by atoms with Crippen LogP contribution in [0.4, 0.5) is 11.4 Å². The van der Waals surface area contributed by atoms with Crippen molar-refractivity contribution >= 4 is 50.0 Å². The lowest BCUT2D eigenvalue weighted by Gasteiger charge is -2.26. The van der Waals surface area contributed by atoms with E-state index in [-0.39, 0.29) is 22.6 Å². The minimum absolute atomic E-state index is 0.0912. The fourth-order valence-corrected chi connectivity index (χ4v) is 4.61. The zero-order chi connectivity index (χ0) is 26.4. The lowest BCUT2D eigenvalue weighted by Crippen LogP contribution is -2.31. The van der Waals surface area contributed by atoms with Crippen molar-refractivity contribution in [3.8, 4) is 11.8 Å². The number of aromatic hydroxyl groups is 1. The number of nitro groups is 1. The molecule has 0 fully saturated rings. The second kappa shape index (κ2) is 8.92. The number of amides is 1. The van der Waals surface area contributed by atoms with E-state index in [0.717, 1.165) is 21.5 Å². The number of Topliss-reactive ketones (excluding diaryl/α,β-unsaturated/α-hetero) is 1. The van der Waals surface area contributed by atoms with Crippen LogP contribution in [-0.4, -0.2) is 26.8 Å². The van der Waals surface area contributed by atoms with E-state index in [9.17, 15) is 29.9 Å². The Morgan fingerprint density at radius 1 is 1.08 bits per heavy atom. The highest BCUT2D eigenvalue weighted by molar-refractivity contribution is 9.10. The van der Waals surface area contributed by atoms with Gasteiger partial charge in [-0.2, -0.15) is 5.26 Å². The number of fused-ring (bicyclic) bond motifs is 1. The van der Waals surface area contributed by atoms with Crippen molar-refractivity contribution in [3.05, 3.63) is 110 Å². The Morgan fingerprint density at radius 2 is 1.81 bits per heavy atom. The summed E-state index contributed by atoms with van der Waals surface area (Å²) in [6, 6.07) is 16.5. The Balaban J connectivity index is 1.69. The maximum absolute atomic E-state index is 13.7. The summed E-state index contributed by atoms with van der Waals surface area (Å²) in [4.78, 5) is 38.7. The molecule has 182 valence electrons. The van der Waals surface area contributed by atoms with Crippen molar-refractivity contribution in [2.24, 2.45) is 0 Å². The van der Waals surface area contributed by atoms with Gasteiger partial charge in [0.05, 0.1) is 28.2 Å². The highest BCUT2D eigenvalue weighted by Crippen LogP contribution is 2.44. The van der Waals surface area contributed by atoms with Gasteiger partial charge in [0.25, 0.3) is 5.91 Å². The van der Waals surface area contributed by atoms with Gasteiger partial charge in [0, 0.05) is 21.6 Å². The first-order valence-corrected chi connectivity index (χ1v) is 11.5. The second-order valence-corrected chi connectivity index (χ2v) is 9.04. The van der Waals surface area contributed by atoms with E-state index >= 15 is 0 Å². The number of halogens is 1. The highest BCUT2D eigenvalue weighted by Gasteiger charge is 2.46. The summed E-state index contributed by atoms with van der Waals surface area (Å²) in [7, 11) is 0. The standard InChI is InChI=1S/C26H14BrN3O7/c27-16-4-8-20-15(9-16)11-21(37-20)24(32)22-23(14-3-7-19(31)18(10-14)30(35)36)29(26(34)25(22)33)17-5-1-13(12-28)2-6-17/h1-11,23,31,33H. The first kappa shape index (κ1) is 23.8. The zero-order valence-electron chi connectivity index (χ0n) is 18.6. The van der Waals surface area contributed by atoms with Crippen LogP contribution in [0.5, 0.6) is 5.75 Å². The zero-order valence-corrected chi connectivity index (χ0v) is 20.2. The number of rotatable bonds is 5. The maximum atomic E-state index is 13.7. The van der Waals surface area contributed by atoms with Gasteiger partial charge in [0.1, 0.15) is 5.58 Å². The number of hydrogen-bond donors (Lipinski definition) is 2. The summed E-state index contributed by atoms with van der Waals surface area (Å²) >= 11 is 3.35. The number of carbonyl (C=O) groups excluding carboxylic acids is 2. The molecule has 1 aliphatic heterocycles. The van der Waals surface area contributed by atoms with Crippen LogP contribution in [0, 0.1) is 21.4 Å². The third-order valence-corrected chi connectivity index (χ3v) is 6.43. The number of anilines is 1. The smallest absolute Gasteiger partial charge is 0.311 e. The molecular formula is C26H14BrN3O7. The topological polar surface area (TPSA) is 158 Å². The Morgan fingerprint density at radius 3 is 2.49 bits per heavy atom. The molecule has 4 aromatic rings. The summed E-state index contributed by atoms with van der Waals surface area (Å²) < 4.78 is 6.44. The van der Waals surface area contributed by atoms with E-state index in [1.165, 1.54) is 36.4 Å². The summed E-state index contributed by atoms with van der Waals surface area (Å²) in [6.45, 7) is 0. The van der Waals surface area contributed by atoms with Gasteiger partial charge in [0.15, 0.2) is 17.3 Å². The molecule has 0 radical (unpaired) electrons. The average Bonchev–Trinajstić information content (AvgIpc) is 3.42. The number of phenolic OH excluding ortho intramolecular Hbond substituents is 1. The van der Waals surface area contributed by atoms with E-state index in [0.29, 0.717) is 16.5 Å². The molecule has 3 aromatic carbocycles. The third kappa shape index (κ3) is 3.99. The van der Waals surface area contributed by atoms with Crippen LogP contribution in [0.15, 0.2) is 87.0 Å². The number of hydrogen-bond acceptors (Lipinski definition) is 8. The molecule has 0 spiro atoms. The number of ketones is 1. The number of nitriles is 1. The predicted octanol–water partition coefficient (Wildman–Crippen LogP) is 5.46. The van der Waals surface area contributed by atoms with Gasteiger partial charge in [0.2, 0.25) is 5.78 Å².